The second-order valence-electron chi connectivity index (χ2n) is 1.17. The van der Waals surface area contributed by atoms with Gasteiger partial charge in [-0.15, -0.1) is 0 Å². The third-order valence-electron chi connectivity index (χ3n) is 0.637. The summed E-state index contributed by atoms with van der Waals surface area (Å²) >= 11 is 3.83. The van der Waals surface area contributed by atoms with Crippen LogP contribution in [0.1, 0.15) is 0 Å². The van der Waals surface area contributed by atoms with Gasteiger partial charge in [-0.1, -0.05) is 12.6 Å². The zero-order valence-electron chi connectivity index (χ0n) is 5.44. The largest absolute Gasteiger partial charge is 0.396 e. The van der Waals surface area contributed by atoms with E-state index in [9.17, 15) is 9.36 Å². The molecule has 0 unspecified atom stereocenters. The normalized spacial score (nSPS) is 11.5. The molecule has 0 aliphatic heterocycles. The Morgan fingerprint density at radius 2 is 1.90 bits per heavy atom. The summed E-state index contributed by atoms with van der Waals surface area (Å²) in [6.07, 6.45) is 0. The second kappa shape index (κ2) is 4.41. The molecule has 7 heteroatoms. The highest BCUT2D eigenvalue weighted by Crippen LogP contribution is 2.60. The van der Waals surface area contributed by atoms with Gasteiger partial charge < -0.3 is 9.05 Å². The maximum Gasteiger partial charge on any atom is 0.396 e. The molecule has 0 aliphatic rings. The Labute approximate surface area is 68.3 Å². The number of hydrogen-bond acceptors (Lipinski definition) is 5. The van der Waals surface area contributed by atoms with Crippen molar-refractivity contribution in [2.45, 2.75) is 0 Å². The fraction of sp³-hybridized carbons (Fsp3) is 0.667. The average molecular weight is 202 g/mol. The highest BCUT2D eigenvalue weighted by Gasteiger charge is 2.24. The van der Waals surface area contributed by atoms with Crippen LogP contribution in [0.2, 0.25) is 0 Å². The Balaban J connectivity index is 4.07. The summed E-state index contributed by atoms with van der Waals surface area (Å²) in [5, 5.41) is 0. The van der Waals surface area contributed by atoms with Gasteiger partial charge in [-0.2, -0.15) is 0 Å². The molecule has 0 aromatic carbocycles. The predicted octanol–water partition coefficient (Wildman–Crippen LogP) is 2.17. The molecule has 0 atom stereocenters. The van der Waals surface area contributed by atoms with Gasteiger partial charge in [-0.3, -0.25) is 4.79 Å². The lowest BCUT2D eigenvalue weighted by atomic mass is 11.8. The monoisotopic (exact) mass is 202 g/mol. The van der Waals surface area contributed by atoms with Gasteiger partial charge in [0.2, 0.25) is 0 Å². The van der Waals surface area contributed by atoms with Crippen molar-refractivity contribution in [3.05, 3.63) is 0 Å². The minimum absolute atomic E-state index is 0.438. The van der Waals surface area contributed by atoms with Gasteiger partial charge in [-0.25, -0.2) is 4.57 Å². The first kappa shape index (κ1) is 10.5. The van der Waals surface area contributed by atoms with Crippen molar-refractivity contribution < 1.29 is 18.4 Å². The van der Waals surface area contributed by atoms with Crippen LogP contribution in [-0.2, 0) is 13.6 Å². The average Bonchev–Trinajstić information content (AvgIpc) is 1.87. The zero-order valence-corrected chi connectivity index (χ0v) is 8.04. The number of carbonyl (C=O) groups excluding carboxylic acids is 1. The van der Waals surface area contributed by atoms with Gasteiger partial charge in [0.25, 0.3) is 4.45 Å². The first-order valence-corrected chi connectivity index (χ1v) is 5.59. The van der Waals surface area contributed by atoms with Crippen LogP contribution in [0.3, 0.4) is 0 Å². The van der Waals surface area contributed by atoms with Crippen molar-refractivity contribution in [2.24, 2.45) is 0 Å². The Hall–Kier alpha value is 0.520. The fourth-order valence-corrected chi connectivity index (χ4v) is 2.66. The van der Waals surface area contributed by atoms with Crippen LogP contribution in [0, 0.1) is 0 Å². The molecular formula is C3H7O4PS2. The standard InChI is InChI=1S/C3H7O4PS2/c1-6-8(5,7-2)10-3(4)9/h1-2H3,(H,4,9). The van der Waals surface area contributed by atoms with Crippen LogP contribution in [0.5, 0.6) is 0 Å². The quantitative estimate of drug-likeness (QED) is 0.561. The Bertz CT molecular complexity index is 162. The van der Waals surface area contributed by atoms with Crippen LogP contribution >= 0.6 is 30.8 Å². The molecule has 0 aromatic rings. The van der Waals surface area contributed by atoms with Gasteiger partial charge in [0.15, 0.2) is 0 Å². The third kappa shape index (κ3) is 3.63. The lowest BCUT2D eigenvalue weighted by molar-refractivity contribution is 0.276. The minimum atomic E-state index is -3.25. The smallest absolute Gasteiger partial charge is 0.304 e. The highest BCUT2D eigenvalue weighted by atomic mass is 32.7. The third-order valence-corrected chi connectivity index (χ3v) is 4.68. The molecular weight excluding hydrogens is 195 g/mol. The van der Waals surface area contributed by atoms with Crippen LogP contribution < -0.4 is 0 Å². The Kier molecular flexibility index (Phi) is 4.64. The van der Waals surface area contributed by atoms with E-state index in [2.05, 4.69) is 21.7 Å². The van der Waals surface area contributed by atoms with Crippen molar-refractivity contribution in [3.63, 3.8) is 0 Å². The molecule has 0 rings (SSSR count). The molecule has 0 aliphatic carbocycles. The molecule has 0 amide bonds. The van der Waals surface area contributed by atoms with E-state index in [1.165, 1.54) is 14.2 Å². The summed E-state index contributed by atoms with van der Waals surface area (Å²) in [7, 11) is 2.40. The van der Waals surface area contributed by atoms with E-state index in [-0.39, 0.29) is 0 Å². The summed E-state index contributed by atoms with van der Waals surface area (Å²) in [5.74, 6) is 0. The maximum absolute atomic E-state index is 11.0. The summed E-state index contributed by atoms with van der Waals surface area (Å²) in [5.41, 5.74) is 0. The maximum atomic E-state index is 11.0. The van der Waals surface area contributed by atoms with E-state index in [1.807, 2.05) is 0 Å². The first-order chi connectivity index (χ1) is 4.54. The summed E-state index contributed by atoms with van der Waals surface area (Å²) < 4.78 is 19.3. The van der Waals surface area contributed by atoms with Gasteiger partial charge in [0.05, 0.1) is 0 Å². The molecule has 0 radical (unpaired) electrons. The molecule has 0 spiro atoms. The second-order valence-corrected chi connectivity index (χ2v) is 5.95. The van der Waals surface area contributed by atoms with Gasteiger partial charge in [0, 0.05) is 25.6 Å². The SMILES string of the molecule is COP(=O)(OC)SC(=O)S. The summed E-state index contributed by atoms with van der Waals surface area (Å²) in [6.45, 7) is -3.25. The van der Waals surface area contributed by atoms with E-state index < -0.39 is 11.2 Å². The molecule has 10 heavy (non-hydrogen) atoms. The topological polar surface area (TPSA) is 52.6 Å². The Morgan fingerprint density at radius 1 is 1.50 bits per heavy atom. The molecule has 60 valence electrons. The molecule has 4 nitrogen and oxygen atoms in total. The van der Waals surface area contributed by atoms with E-state index >= 15 is 0 Å². The summed E-state index contributed by atoms with van der Waals surface area (Å²) in [6, 6.07) is 0. The number of hydrogen-bond donors (Lipinski definition) is 1. The summed E-state index contributed by atoms with van der Waals surface area (Å²) in [4.78, 5) is 10.3. The van der Waals surface area contributed by atoms with Crippen molar-refractivity contribution in [1.29, 1.82) is 0 Å². The number of thiol groups is 1. The van der Waals surface area contributed by atoms with Gasteiger partial charge >= 0.3 is 6.80 Å². The minimum Gasteiger partial charge on any atom is -0.304 e. The van der Waals surface area contributed by atoms with Crippen molar-refractivity contribution in [3.8, 4) is 0 Å². The van der Waals surface area contributed by atoms with Crippen LogP contribution in [0.15, 0.2) is 0 Å². The number of carbonyl (C=O) groups is 1. The van der Waals surface area contributed by atoms with E-state index in [0.29, 0.717) is 11.4 Å². The van der Waals surface area contributed by atoms with E-state index in [4.69, 9.17) is 0 Å². The van der Waals surface area contributed by atoms with Gasteiger partial charge in [-0.05, 0) is 0 Å². The molecule has 0 heterocycles. The van der Waals surface area contributed by atoms with E-state index in [0.717, 1.165) is 0 Å². The predicted molar refractivity (Wildman–Crippen MR) is 43.6 cm³/mol. The molecule has 0 aromatic heterocycles. The molecule has 0 N–H and O–H groups in total. The lowest BCUT2D eigenvalue weighted by Crippen LogP contribution is -1.84. The number of rotatable bonds is 3. The molecule has 0 saturated carbocycles. The van der Waals surface area contributed by atoms with Crippen LogP contribution in [-0.4, -0.2) is 18.7 Å². The van der Waals surface area contributed by atoms with Gasteiger partial charge in [0.1, 0.15) is 0 Å². The fourth-order valence-electron chi connectivity index (χ4n) is 0.245. The van der Waals surface area contributed by atoms with Crippen molar-refractivity contribution >= 4 is 35.3 Å². The van der Waals surface area contributed by atoms with Crippen LogP contribution in [0.25, 0.3) is 0 Å². The van der Waals surface area contributed by atoms with Crippen molar-refractivity contribution in [2.75, 3.05) is 14.2 Å². The molecule has 0 saturated heterocycles. The van der Waals surface area contributed by atoms with Crippen LogP contribution in [0.4, 0.5) is 4.79 Å². The van der Waals surface area contributed by atoms with Crippen molar-refractivity contribution in [1.82, 2.24) is 0 Å². The highest BCUT2D eigenvalue weighted by molar-refractivity contribution is 8.67. The molecule has 0 fully saturated rings. The first-order valence-electron chi connectivity index (χ1n) is 2.18. The molecule has 0 bridgehead atoms. The lowest BCUT2D eigenvalue weighted by Gasteiger charge is -2.08. The Morgan fingerprint density at radius 3 is 2.00 bits per heavy atom. The zero-order chi connectivity index (χ0) is 8.20. The van der Waals surface area contributed by atoms with E-state index in [1.54, 1.807) is 0 Å².